The van der Waals surface area contributed by atoms with Crippen LogP contribution in [0, 0.1) is 12.8 Å². The zero-order chi connectivity index (χ0) is 30.7. The molecule has 0 aliphatic heterocycles. The Morgan fingerprint density at radius 2 is 1.60 bits per heavy atom. The van der Waals surface area contributed by atoms with Crippen molar-refractivity contribution < 1.29 is 22.7 Å². The van der Waals surface area contributed by atoms with Crippen LogP contribution in [0.5, 0.6) is 5.75 Å². The number of hydrogen-bond donors (Lipinski definition) is 1. The Labute approximate surface area is 250 Å². The molecule has 0 saturated carbocycles. The fraction of sp³-hybridized carbons (Fsp3) is 0.394. The zero-order valence-electron chi connectivity index (χ0n) is 25.2. The molecule has 2 amide bonds. The van der Waals surface area contributed by atoms with Gasteiger partial charge in [0.2, 0.25) is 21.8 Å². The van der Waals surface area contributed by atoms with E-state index in [1.807, 2.05) is 87.5 Å². The Balaban J connectivity index is 1.89. The number of methoxy groups -OCH3 is 1. The van der Waals surface area contributed by atoms with E-state index >= 15 is 0 Å². The van der Waals surface area contributed by atoms with Gasteiger partial charge in [0.05, 0.1) is 19.1 Å². The summed E-state index contributed by atoms with van der Waals surface area (Å²) in [6.45, 7) is 6.82. The van der Waals surface area contributed by atoms with Crippen molar-refractivity contribution in [3.63, 3.8) is 0 Å². The summed E-state index contributed by atoms with van der Waals surface area (Å²) >= 11 is 0. The molecule has 226 valence electrons. The van der Waals surface area contributed by atoms with Gasteiger partial charge in [0, 0.05) is 32.5 Å². The van der Waals surface area contributed by atoms with E-state index in [-0.39, 0.29) is 37.2 Å². The van der Waals surface area contributed by atoms with Gasteiger partial charge in [-0.1, -0.05) is 74.0 Å². The topological polar surface area (TPSA) is 96.0 Å². The molecule has 0 fully saturated rings. The van der Waals surface area contributed by atoms with Crippen molar-refractivity contribution in [3.8, 4) is 5.75 Å². The fourth-order valence-corrected chi connectivity index (χ4v) is 5.62. The first-order chi connectivity index (χ1) is 20.0. The molecular weight excluding hydrogens is 550 g/mol. The maximum atomic E-state index is 13.9. The number of nitrogens with zero attached hydrogens (tertiary/aromatic N) is 2. The van der Waals surface area contributed by atoms with Gasteiger partial charge in [-0.05, 0) is 54.7 Å². The number of carbonyl (C=O) groups is 2. The number of carbonyl (C=O) groups excluding carboxylic acids is 2. The Morgan fingerprint density at radius 3 is 2.21 bits per heavy atom. The number of sulfonamides is 1. The summed E-state index contributed by atoms with van der Waals surface area (Å²) in [6.07, 6.45) is 1.88. The van der Waals surface area contributed by atoms with Crippen molar-refractivity contribution in [2.45, 2.75) is 52.6 Å². The SMILES string of the molecule is COc1cccc(CN(C(=O)CCCN(c2ccc(C)cc2)S(C)(=O)=O)[C@@H](Cc2ccccc2)C(=O)NCC(C)C)c1. The molecule has 0 radical (unpaired) electrons. The Bertz CT molecular complexity index is 1410. The van der Waals surface area contributed by atoms with E-state index in [2.05, 4.69) is 5.32 Å². The average molecular weight is 594 g/mol. The van der Waals surface area contributed by atoms with Crippen LogP contribution in [0.4, 0.5) is 5.69 Å². The van der Waals surface area contributed by atoms with Crippen molar-refractivity contribution in [2.75, 3.05) is 30.8 Å². The summed E-state index contributed by atoms with van der Waals surface area (Å²) < 4.78 is 32.0. The van der Waals surface area contributed by atoms with Crippen LogP contribution in [0.3, 0.4) is 0 Å². The average Bonchev–Trinajstić information content (AvgIpc) is 2.96. The molecule has 3 rings (SSSR count). The highest BCUT2D eigenvalue weighted by Gasteiger charge is 2.30. The molecule has 0 heterocycles. The molecule has 3 aromatic carbocycles. The van der Waals surface area contributed by atoms with Gasteiger partial charge in [-0.3, -0.25) is 13.9 Å². The molecule has 0 aromatic heterocycles. The molecule has 1 N–H and O–H groups in total. The number of rotatable bonds is 15. The number of amides is 2. The van der Waals surface area contributed by atoms with Crippen LogP contribution in [0.25, 0.3) is 0 Å². The minimum Gasteiger partial charge on any atom is -0.497 e. The van der Waals surface area contributed by atoms with Crippen LogP contribution in [0.15, 0.2) is 78.9 Å². The normalized spacial score (nSPS) is 12.0. The smallest absolute Gasteiger partial charge is 0.243 e. The van der Waals surface area contributed by atoms with E-state index in [0.717, 1.165) is 16.7 Å². The molecule has 8 nitrogen and oxygen atoms in total. The molecule has 42 heavy (non-hydrogen) atoms. The standard InChI is InChI=1S/C33H43N3O5S/c1-25(2)23-34-33(38)31(22-27-11-7-6-8-12-27)35(24-28-13-9-14-30(21-28)41-4)32(37)15-10-20-36(42(5,39)40)29-18-16-26(3)17-19-29/h6-9,11-14,16-19,21,25,31H,10,15,20,22-24H2,1-5H3,(H,34,38)/t31-/m0/s1. The van der Waals surface area contributed by atoms with E-state index in [0.29, 0.717) is 30.8 Å². The summed E-state index contributed by atoms with van der Waals surface area (Å²) in [7, 11) is -1.98. The first kappa shape index (κ1) is 32.7. The maximum Gasteiger partial charge on any atom is 0.243 e. The highest BCUT2D eigenvalue weighted by atomic mass is 32.2. The number of benzene rings is 3. The molecule has 0 bridgehead atoms. The second-order valence-corrected chi connectivity index (χ2v) is 12.9. The van der Waals surface area contributed by atoms with Crippen LogP contribution in [-0.2, 0) is 32.6 Å². The summed E-state index contributed by atoms with van der Waals surface area (Å²) in [4.78, 5) is 29.2. The lowest BCUT2D eigenvalue weighted by Gasteiger charge is -2.32. The van der Waals surface area contributed by atoms with Crippen molar-refractivity contribution in [1.29, 1.82) is 0 Å². The van der Waals surface area contributed by atoms with Crippen LogP contribution in [0.2, 0.25) is 0 Å². The summed E-state index contributed by atoms with van der Waals surface area (Å²) in [5.41, 5.74) is 3.35. The van der Waals surface area contributed by atoms with Crippen molar-refractivity contribution in [3.05, 3.63) is 95.6 Å². The highest BCUT2D eigenvalue weighted by molar-refractivity contribution is 7.92. The second kappa shape index (κ2) is 15.4. The molecule has 0 saturated heterocycles. The largest absolute Gasteiger partial charge is 0.497 e. The van der Waals surface area contributed by atoms with Gasteiger partial charge < -0.3 is 15.0 Å². The van der Waals surface area contributed by atoms with Gasteiger partial charge in [-0.2, -0.15) is 0 Å². The molecular formula is C33H43N3O5S. The van der Waals surface area contributed by atoms with Crippen LogP contribution >= 0.6 is 0 Å². The van der Waals surface area contributed by atoms with Crippen LogP contribution < -0.4 is 14.4 Å². The van der Waals surface area contributed by atoms with E-state index in [4.69, 9.17) is 4.74 Å². The van der Waals surface area contributed by atoms with E-state index in [1.54, 1.807) is 24.1 Å². The minimum atomic E-state index is -3.56. The number of aryl methyl sites for hydroxylation is 1. The van der Waals surface area contributed by atoms with Gasteiger partial charge in [0.25, 0.3) is 0 Å². The van der Waals surface area contributed by atoms with Gasteiger partial charge in [-0.25, -0.2) is 8.42 Å². The van der Waals surface area contributed by atoms with Crippen molar-refractivity contribution in [2.24, 2.45) is 5.92 Å². The fourth-order valence-electron chi connectivity index (χ4n) is 4.66. The molecule has 0 aliphatic rings. The van der Waals surface area contributed by atoms with E-state index in [9.17, 15) is 18.0 Å². The summed E-state index contributed by atoms with van der Waals surface area (Å²) in [5.74, 6) is 0.459. The first-order valence-electron chi connectivity index (χ1n) is 14.3. The van der Waals surface area contributed by atoms with Gasteiger partial charge in [0.15, 0.2) is 0 Å². The second-order valence-electron chi connectivity index (χ2n) is 11.0. The highest BCUT2D eigenvalue weighted by Crippen LogP contribution is 2.22. The van der Waals surface area contributed by atoms with E-state index in [1.165, 1.54) is 10.6 Å². The predicted molar refractivity (Wildman–Crippen MR) is 168 cm³/mol. The molecule has 0 unspecified atom stereocenters. The third kappa shape index (κ3) is 9.91. The summed E-state index contributed by atoms with van der Waals surface area (Å²) in [5, 5.41) is 3.02. The zero-order valence-corrected chi connectivity index (χ0v) is 26.1. The van der Waals surface area contributed by atoms with Crippen LogP contribution in [0.1, 0.15) is 43.4 Å². The van der Waals surface area contributed by atoms with Crippen molar-refractivity contribution >= 4 is 27.5 Å². The molecule has 0 spiro atoms. The Kier molecular flexibility index (Phi) is 12.0. The summed E-state index contributed by atoms with van der Waals surface area (Å²) in [6, 6.07) is 23.6. The Morgan fingerprint density at radius 1 is 0.929 bits per heavy atom. The number of anilines is 1. The van der Waals surface area contributed by atoms with Crippen molar-refractivity contribution in [1.82, 2.24) is 10.2 Å². The van der Waals surface area contributed by atoms with E-state index < -0.39 is 16.1 Å². The Hall–Kier alpha value is -3.85. The lowest BCUT2D eigenvalue weighted by molar-refractivity contribution is -0.141. The van der Waals surface area contributed by atoms with Gasteiger partial charge >= 0.3 is 0 Å². The number of nitrogens with one attached hydrogen (secondary N) is 1. The lowest BCUT2D eigenvalue weighted by atomic mass is 10.0. The van der Waals surface area contributed by atoms with Crippen LogP contribution in [-0.4, -0.2) is 57.6 Å². The minimum absolute atomic E-state index is 0.0740. The maximum absolute atomic E-state index is 13.9. The quantitative estimate of drug-likeness (QED) is 0.269. The number of ether oxygens (including phenoxy) is 1. The molecule has 9 heteroatoms. The van der Waals surface area contributed by atoms with Gasteiger partial charge in [0.1, 0.15) is 11.8 Å². The van der Waals surface area contributed by atoms with Gasteiger partial charge in [-0.15, -0.1) is 0 Å². The monoisotopic (exact) mass is 593 g/mol. The molecule has 0 aliphatic carbocycles. The third-order valence-corrected chi connectivity index (χ3v) is 8.11. The lowest BCUT2D eigenvalue weighted by Crippen LogP contribution is -2.51. The third-order valence-electron chi connectivity index (χ3n) is 6.92. The molecule has 1 atom stereocenters. The number of hydrogen-bond acceptors (Lipinski definition) is 5. The first-order valence-corrected chi connectivity index (χ1v) is 16.1. The molecule has 3 aromatic rings. The predicted octanol–water partition coefficient (Wildman–Crippen LogP) is 4.96.